The fourth-order valence-corrected chi connectivity index (χ4v) is 1.13. The van der Waals surface area contributed by atoms with Gasteiger partial charge in [-0.05, 0) is 10.8 Å². The van der Waals surface area contributed by atoms with E-state index in [4.69, 9.17) is 0 Å². The van der Waals surface area contributed by atoms with Crippen LogP contribution in [0.5, 0.6) is 0 Å². The smallest absolute Gasteiger partial charge is 0.0184 e. The molecule has 2 aromatic carbocycles. The molecule has 70 valence electrons. The van der Waals surface area contributed by atoms with Crippen LogP contribution in [-0.4, -0.2) is 0 Å². The summed E-state index contributed by atoms with van der Waals surface area (Å²) < 4.78 is 0. The van der Waals surface area contributed by atoms with Crippen molar-refractivity contribution in [2.24, 2.45) is 0 Å². The van der Waals surface area contributed by atoms with Crippen molar-refractivity contribution in [2.75, 3.05) is 0 Å². The first-order valence-corrected chi connectivity index (χ1v) is 4.40. The van der Waals surface area contributed by atoms with E-state index in [1.165, 1.54) is 10.8 Å². The predicted octanol–water partition coefficient (Wildman–Crippen LogP) is 4.03. The number of rotatable bonds is 0. The Labute approximate surface area is 80.0 Å². The lowest BCUT2D eigenvalue weighted by Gasteiger charge is -1.92. The quantitative estimate of drug-likeness (QED) is 0.644. The van der Waals surface area contributed by atoms with Crippen LogP contribution in [0.1, 0.15) is 13.8 Å². The van der Waals surface area contributed by atoms with Crippen molar-refractivity contribution in [3.05, 3.63) is 48.5 Å². The first kappa shape index (κ1) is 11.7. The Morgan fingerprint density at radius 3 is 1.08 bits per heavy atom. The number of benzene rings is 2. The van der Waals surface area contributed by atoms with Crippen LogP contribution in [0.4, 0.5) is 0 Å². The lowest BCUT2D eigenvalue weighted by Crippen LogP contribution is -1.67. The molecule has 0 saturated heterocycles. The van der Waals surface area contributed by atoms with Crippen LogP contribution in [0.2, 0.25) is 0 Å². The second kappa shape index (κ2) is 6.21. The molecule has 0 unspecified atom stereocenters. The van der Waals surface area contributed by atoms with Crippen LogP contribution < -0.4 is 6.15 Å². The maximum atomic E-state index is 2.12. The second-order valence-corrected chi connectivity index (χ2v) is 2.35. The molecular weight excluding hydrogens is 158 g/mol. The average Bonchev–Trinajstić information content (AvgIpc) is 2.21. The molecule has 2 rings (SSSR count). The molecule has 13 heavy (non-hydrogen) atoms. The number of fused-ring (bicyclic) bond motifs is 1. The Bertz CT molecular complexity index is 276. The van der Waals surface area contributed by atoms with Crippen molar-refractivity contribution >= 4 is 10.8 Å². The fraction of sp³-hybridized carbons (Fsp3) is 0.167. The van der Waals surface area contributed by atoms with Gasteiger partial charge in [0.25, 0.3) is 0 Å². The van der Waals surface area contributed by atoms with E-state index >= 15 is 0 Å². The summed E-state index contributed by atoms with van der Waals surface area (Å²) in [6.45, 7) is 4.00. The zero-order chi connectivity index (χ0) is 8.81. The van der Waals surface area contributed by atoms with Gasteiger partial charge in [-0.3, -0.25) is 0 Å². The van der Waals surface area contributed by atoms with Gasteiger partial charge in [-0.2, -0.15) is 0 Å². The minimum Gasteiger partial charge on any atom is -0.344 e. The Hall–Kier alpha value is -1.34. The van der Waals surface area contributed by atoms with Gasteiger partial charge < -0.3 is 6.15 Å². The van der Waals surface area contributed by atoms with Crippen LogP contribution in [0.25, 0.3) is 10.8 Å². The van der Waals surface area contributed by atoms with Gasteiger partial charge in [-0.15, -0.1) is 0 Å². The van der Waals surface area contributed by atoms with E-state index in [9.17, 15) is 0 Å². The summed E-state index contributed by atoms with van der Waals surface area (Å²) in [7, 11) is 0. The highest BCUT2D eigenvalue weighted by molar-refractivity contribution is 5.81. The molecule has 1 nitrogen and oxygen atoms in total. The first-order chi connectivity index (χ1) is 5.97. The van der Waals surface area contributed by atoms with Crippen LogP contribution in [0, 0.1) is 0 Å². The van der Waals surface area contributed by atoms with Crippen molar-refractivity contribution < 1.29 is 0 Å². The highest BCUT2D eigenvalue weighted by Gasteiger charge is 1.85. The van der Waals surface area contributed by atoms with Crippen LogP contribution >= 0.6 is 0 Å². The van der Waals surface area contributed by atoms with Crippen LogP contribution in [0.3, 0.4) is 0 Å². The zero-order valence-electron chi connectivity index (χ0n) is 8.33. The summed E-state index contributed by atoms with van der Waals surface area (Å²) in [6.07, 6.45) is 0. The molecule has 0 bridgehead atoms. The molecule has 0 atom stereocenters. The van der Waals surface area contributed by atoms with Gasteiger partial charge in [0.2, 0.25) is 0 Å². The maximum absolute atomic E-state index is 2.12. The van der Waals surface area contributed by atoms with Gasteiger partial charge in [0.1, 0.15) is 0 Å². The molecule has 2 aromatic rings. The monoisotopic (exact) mass is 175 g/mol. The summed E-state index contributed by atoms with van der Waals surface area (Å²) >= 11 is 0. The van der Waals surface area contributed by atoms with Crippen molar-refractivity contribution in [1.29, 1.82) is 0 Å². The predicted molar refractivity (Wildman–Crippen MR) is 60.3 cm³/mol. The van der Waals surface area contributed by atoms with E-state index in [1.54, 1.807) is 0 Å². The minimum absolute atomic E-state index is 0. The fourth-order valence-electron chi connectivity index (χ4n) is 1.13. The molecular formula is C12H17N. The molecule has 0 aliphatic carbocycles. The highest BCUT2D eigenvalue weighted by atomic mass is 14.0. The largest absolute Gasteiger partial charge is 0.344 e. The normalized spacial score (nSPS) is 8.15. The molecule has 0 aliphatic rings. The van der Waals surface area contributed by atoms with E-state index < -0.39 is 0 Å². The van der Waals surface area contributed by atoms with Gasteiger partial charge in [-0.25, -0.2) is 0 Å². The number of hydrogen-bond donors (Lipinski definition) is 1. The third-order valence-corrected chi connectivity index (χ3v) is 1.66. The summed E-state index contributed by atoms with van der Waals surface area (Å²) in [5, 5.41) is 2.62. The molecule has 0 saturated carbocycles. The Morgan fingerprint density at radius 2 is 0.846 bits per heavy atom. The topological polar surface area (TPSA) is 35.0 Å². The summed E-state index contributed by atoms with van der Waals surface area (Å²) in [5.41, 5.74) is 0. The van der Waals surface area contributed by atoms with Gasteiger partial charge >= 0.3 is 0 Å². The molecule has 0 amide bonds. The van der Waals surface area contributed by atoms with Gasteiger partial charge in [0, 0.05) is 0 Å². The zero-order valence-corrected chi connectivity index (χ0v) is 8.33. The van der Waals surface area contributed by atoms with Crippen molar-refractivity contribution in [2.45, 2.75) is 13.8 Å². The minimum atomic E-state index is 0. The van der Waals surface area contributed by atoms with Gasteiger partial charge in [-0.1, -0.05) is 62.4 Å². The molecule has 0 fully saturated rings. The van der Waals surface area contributed by atoms with Gasteiger partial charge in [0.05, 0.1) is 0 Å². The third-order valence-electron chi connectivity index (χ3n) is 1.66. The number of hydrogen-bond acceptors (Lipinski definition) is 1. The molecule has 0 aliphatic heterocycles. The third kappa shape index (κ3) is 2.88. The van der Waals surface area contributed by atoms with E-state index in [0.29, 0.717) is 0 Å². The van der Waals surface area contributed by atoms with Crippen LogP contribution in [0.15, 0.2) is 48.5 Å². The van der Waals surface area contributed by atoms with E-state index in [1.807, 2.05) is 13.8 Å². The van der Waals surface area contributed by atoms with E-state index in [0.717, 1.165) is 0 Å². The Morgan fingerprint density at radius 1 is 0.615 bits per heavy atom. The molecule has 0 aromatic heterocycles. The summed E-state index contributed by atoms with van der Waals surface area (Å²) in [5.74, 6) is 0. The van der Waals surface area contributed by atoms with Crippen LogP contribution in [-0.2, 0) is 0 Å². The molecule has 0 heterocycles. The molecule has 3 N–H and O–H groups in total. The van der Waals surface area contributed by atoms with Crippen molar-refractivity contribution in [3.8, 4) is 0 Å². The SMILES string of the molecule is CC.N.c1ccc2ccccc2c1. The molecule has 1 heteroatoms. The van der Waals surface area contributed by atoms with E-state index in [2.05, 4.69) is 48.5 Å². The molecule has 0 radical (unpaired) electrons. The first-order valence-electron chi connectivity index (χ1n) is 4.40. The Balaban J connectivity index is 0.000000451. The van der Waals surface area contributed by atoms with Gasteiger partial charge in [0.15, 0.2) is 0 Å². The maximum Gasteiger partial charge on any atom is -0.0184 e. The van der Waals surface area contributed by atoms with E-state index in [-0.39, 0.29) is 6.15 Å². The lowest BCUT2D eigenvalue weighted by atomic mass is 10.1. The Kier molecular flexibility index (Phi) is 5.57. The standard InChI is InChI=1S/C10H8.C2H6.H3N/c1-2-6-10-8-4-3-7-9(10)5-1;1-2;/h1-8H;1-2H3;1H3. The summed E-state index contributed by atoms with van der Waals surface area (Å²) in [4.78, 5) is 0. The lowest BCUT2D eigenvalue weighted by molar-refractivity contribution is 1.50. The highest BCUT2D eigenvalue weighted by Crippen LogP contribution is 2.11. The summed E-state index contributed by atoms with van der Waals surface area (Å²) in [6, 6.07) is 16.7. The van der Waals surface area contributed by atoms with Crippen molar-refractivity contribution in [1.82, 2.24) is 6.15 Å². The second-order valence-electron chi connectivity index (χ2n) is 2.35. The average molecular weight is 175 g/mol. The van der Waals surface area contributed by atoms with Crippen molar-refractivity contribution in [3.63, 3.8) is 0 Å². The molecule has 0 spiro atoms.